The van der Waals surface area contributed by atoms with Crippen molar-refractivity contribution >= 4 is 21.9 Å². The lowest BCUT2D eigenvalue weighted by Crippen LogP contribution is -2.34. The van der Waals surface area contributed by atoms with E-state index in [1.165, 1.54) is 7.11 Å². The molecular formula is C13H18BrNO3. The second-order valence-corrected chi connectivity index (χ2v) is 5.08. The molecule has 1 rings (SSSR count). The molecule has 1 N–H and O–H groups in total. The van der Waals surface area contributed by atoms with Gasteiger partial charge in [0.25, 0.3) is 0 Å². The predicted octanol–water partition coefficient (Wildman–Crippen LogP) is 2.67. The average Bonchev–Trinajstić information content (AvgIpc) is 2.34. The summed E-state index contributed by atoms with van der Waals surface area (Å²) < 4.78 is 11.0. The Morgan fingerprint density at radius 2 is 2.00 bits per heavy atom. The van der Waals surface area contributed by atoms with Gasteiger partial charge in [0.15, 0.2) is 0 Å². The van der Waals surface area contributed by atoms with Gasteiger partial charge in [0.1, 0.15) is 11.8 Å². The summed E-state index contributed by atoms with van der Waals surface area (Å²) in [5.74, 6) is 0.321. The minimum atomic E-state index is -0.539. The maximum absolute atomic E-state index is 11.9. The summed E-state index contributed by atoms with van der Waals surface area (Å²) in [5.41, 5.74) is 0.757. The molecular weight excluding hydrogens is 298 g/mol. The molecule has 0 aliphatic heterocycles. The van der Waals surface area contributed by atoms with Gasteiger partial charge in [0, 0.05) is 16.1 Å². The topological polar surface area (TPSA) is 47.6 Å². The van der Waals surface area contributed by atoms with Crippen molar-refractivity contribution in [2.24, 2.45) is 0 Å². The number of carbonyl (C=O) groups is 1. The lowest BCUT2D eigenvalue weighted by atomic mass is 10.0. The van der Waals surface area contributed by atoms with Crippen molar-refractivity contribution in [1.29, 1.82) is 0 Å². The van der Waals surface area contributed by atoms with Gasteiger partial charge in [0.2, 0.25) is 0 Å². The third kappa shape index (κ3) is 3.71. The minimum Gasteiger partial charge on any atom is -0.496 e. The molecule has 1 unspecified atom stereocenters. The Kier molecular flexibility index (Phi) is 5.62. The summed E-state index contributed by atoms with van der Waals surface area (Å²) in [6.07, 6.45) is 0. The molecule has 0 aliphatic rings. The molecule has 0 saturated carbocycles. The van der Waals surface area contributed by atoms with E-state index in [0.717, 1.165) is 10.0 Å². The van der Waals surface area contributed by atoms with Crippen LogP contribution in [0.4, 0.5) is 0 Å². The highest BCUT2D eigenvalue weighted by Crippen LogP contribution is 2.29. The number of ether oxygens (including phenoxy) is 2. The Morgan fingerprint density at radius 3 is 2.50 bits per heavy atom. The van der Waals surface area contributed by atoms with Crippen LogP contribution >= 0.6 is 15.9 Å². The Morgan fingerprint density at radius 1 is 1.33 bits per heavy atom. The second-order valence-electron chi connectivity index (χ2n) is 4.16. The number of carbonyl (C=O) groups excluding carboxylic acids is 1. The van der Waals surface area contributed by atoms with Gasteiger partial charge in [0.05, 0.1) is 14.2 Å². The molecule has 0 bridgehead atoms. The number of methoxy groups -OCH3 is 2. The molecule has 0 fully saturated rings. The molecule has 1 aromatic rings. The zero-order chi connectivity index (χ0) is 13.7. The molecule has 5 heteroatoms. The smallest absolute Gasteiger partial charge is 0.327 e. The lowest BCUT2D eigenvalue weighted by Gasteiger charge is -2.21. The van der Waals surface area contributed by atoms with Gasteiger partial charge in [-0.1, -0.05) is 15.9 Å². The largest absolute Gasteiger partial charge is 0.496 e. The number of rotatable bonds is 5. The van der Waals surface area contributed by atoms with Gasteiger partial charge in [-0.05, 0) is 32.0 Å². The molecule has 100 valence electrons. The SMILES string of the molecule is COC(=O)C(NC(C)C)c1cc(Br)ccc1OC. The Labute approximate surface area is 116 Å². The molecule has 0 heterocycles. The second kappa shape index (κ2) is 6.75. The van der Waals surface area contributed by atoms with Crippen molar-refractivity contribution in [3.05, 3.63) is 28.2 Å². The number of halogens is 1. The fourth-order valence-electron chi connectivity index (χ4n) is 1.67. The molecule has 0 saturated heterocycles. The fraction of sp³-hybridized carbons (Fsp3) is 0.462. The zero-order valence-electron chi connectivity index (χ0n) is 11.0. The first kappa shape index (κ1) is 15.0. The van der Waals surface area contributed by atoms with Gasteiger partial charge < -0.3 is 9.47 Å². The first-order valence-corrected chi connectivity index (χ1v) is 6.46. The first-order valence-electron chi connectivity index (χ1n) is 5.67. The number of benzene rings is 1. The van der Waals surface area contributed by atoms with Crippen LogP contribution in [0, 0.1) is 0 Å². The van der Waals surface area contributed by atoms with Crippen LogP contribution < -0.4 is 10.1 Å². The van der Waals surface area contributed by atoms with E-state index in [-0.39, 0.29) is 12.0 Å². The molecule has 0 aliphatic carbocycles. The van der Waals surface area contributed by atoms with Crippen molar-refractivity contribution in [2.75, 3.05) is 14.2 Å². The average molecular weight is 316 g/mol. The Bertz CT molecular complexity index is 421. The highest BCUT2D eigenvalue weighted by atomic mass is 79.9. The van der Waals surface area contributed by atoms with Crippen molar-refractivity contribution in [2.45, 2.75) is 25.9 Å². The summed E-state index contributed by atoms with van der Waals surface area (Å²) in [5, 5.41) is 3.17. The van der Waals surface area contributed by atoms with E-state index in [9.17, 15) is 4.79 Å². The highest BCUT2D eigenvalue weighted by molar-refractivity contribution is 9.10. The Hall–Kier alpha value is -1.07. The zero-order valence-corrected chi connectivity index (χ0v) is 12.6. The highest BCUT2D eigenvalue weighted by Gasteiger charge is 2.25. The van der Waals surface area contributed by atoms with Gasteiger partial charge in [-0.3, -0.25) is 5.32 Å². The lowest BCUT2D eigenvalue weighted by molar-refractivity contribution is -0.143. The third-order valence-electron chi connectivity index (χ3n) is 2.44. The normalized spacial score (nSPS) is 12.3. The van der Waals surface area contributed by atoms with Crippen LogP contribution in [-0.2, 0) is 9.53 Å². The van der Waals surface area contributed by atoms with E-state index < -0.39 is 6.04 Å². The predicted molar refractivity (Wildman–Crippen MR) is 73.7 cm³/mol. The standard InChI is InChI=1S/C13H18BrNO3/c1-8(2)15-12(13(16)18-4)10-7-9(14)5-6-11(10)17-3/h5-8,12,15H,1-4H3. The number of hydrogen-bond donors (Lipinski definition) is 1. The Balaban J connectivity index is 3.18. The van der Waals surface area contributed by atoms with Crippen LogP contribution in [0.25, 0.3) is 0 Å². The van der Waals surface area contributed by atoms with Crippen LogP contribution in [0.1, 0.15) is 25.5 Å². The van der Waals surface area contributed by atoms with E-state index in [1.54, 1.807) is 7.11 Å². The first-order chi connectivity index (χ1) is 8.49. The van der Waals surface area contributed by atoms with Crippen molar-refractivity contribution < 1.29 is 14.3 Å². The summed E-state index contributed by atoms with van der Waals surface area (Å²) in [6.45, 7) is 3.95. The molecule has 0 spiro atoms. The molecule has 0 radical (unpaired) electrons. The van der Waals surface area contributed by atoms with Crippen LogP contribution in [0.3, 0.4) is 0 Å². The van der Waals surface area contributed by atoms with Crippen molar-refractivity contribution in [3.63, 3.8) is 0 Å². The molecule has 18 heavy (non-hydrogen) atoms. The van der Waals surface area contributed by atoms with E-state index in [4.69, 9.17) is 9.47 Å². The van der Waals surface area contributed by atoms with Crippen molar-refractivity contribution in [3.8, 4) is 5.75 Å². The van der Waals surface area contributed by atoms with Gasteiger partial charge in [-0.25, -0.2) is 4.79 Å². The summed E-state index contributed by atoms with van der Waals surface area (Å²) >= 11 is 3.40. The molecule has 1 atom stereocenters. The summed E-state index contributed by atoms with van der Waals surface area (Å²) in [4.78, 5) is 11.9. The van der Waals surface area contributed by atoms with E-state index >= 15 is 0 Å². The van der Waals surface area contributed by atoms with E-state index in [1.807, 2.05) is 32.0 Å². The van der Waals surface area contributed by atoms with Crippen LogP contribution in [0.2, 0.25) is 0 Å². The van der Waals surface area contributed by atoms with Crippen LogP contribution in [-0.4, -0.2) is 26.2 Å². The minimum absolute atomic E-state index is 0.151. The van der Waals surface area contributed by atoms with E-state index in [0.29, 0.717) is 5.75 Å². The van der Waals surface area contributed by atoms with Crippen LogP contribution in [0.15, 0.2) is 22.7 Å². The maximum Gasteiger partial charge on any atom is 0.327 e. The number of hydrogen-bond acceptors (Lipinski definition) is 4. The molecule has 4 nitrogen and oxygen atoms in total. The fourth-order valence-corrected chi connectivity index (χ4v) is 2.05. The van der Waals surface area contributed by atoms with Gasteiger partial charge in [-0.15, -0.1) is 0 Å². The maximum atomic E-state index is 11.9. The van der Waals surface area contributed by atoms with Crippen molar-refractivity contribution in [1.82, 2.24) is 5.32 Å². The van der Waals surface area contributed by atoms with Crippen LogP contribution in [0.5, 0.6) is 5.75 Å². The van der Waals surface area contributed by atoms with E-state index in [2.05, 4.69) is 21.2 Å². The summed E-state index contributed by atoms with van der Waals surface area (Å²) in [6, 6.07) is 5.15. The van der Waals surface area contributed by atoms with Gasteiger partial charge >= 0.3 is 5.97 Å². The third-order valence-corrected chi connectivity index (χ3v) is 2.93. The number of nitrogens with one attached hydrogen (secondary N) is 1. The quantitative estimate of drug-likeness (QED) is 0.849. The number of esters is 1. The van der Waals surface area contributed by atoms with Gasteiger partial charge in [-0.2, -0.15) is 0 Å². The summed E-state index contributed by atoms with van der Waals surface area (Å²) in [7, 11) is 2.96. The molecule has 0 aromatic heterocycles. The molecule has 1 aromatic carbocycles. The molecule has 0 amide bonds. The monoisotopic (exact) mass is 315 g/mol.